The molecule has 29 heavy (non-hydrogen) atoms. The van der Waals surface area contributed by atoms with Crippen LogP contribution in [0, 0.1) is 6.92 Å². The van der Waals surface area contributed by atoms with Crippen LogP contribution in [0.1, 0.15) is 29.8 Å². The van der Waals surface area contributed by atoms with Crippen LogP contribution < -0.4 is 20.9 Å². The molecule has 0 saturated heterocycles. The standard InChI is InChI=1S/C19H22N4O5S/c1-12(2)20-18(25)19(26)22-21-17(24)14-5-4-6-15(11-14)23-29(27,28)16-9-7-13(3)8-10-16/h4-12,23H,1-3H3,(H,20,25)(H,21,24)(H,22,26). The van der Waals surface area contributed by atoms with E-state index in [1.165, 1.54) is 36.4 Å². The lowest BCUT2D eigenvalue weighted by atomic mass is 10.2. The van der Waals surface area contributed by atoms with Gasteiger partial charge in [-0.25, -0.2) is 8.42 Å². The summed E-state index contributed by atoms with van der Waals surface area (Å²) in [5.74, 6) is -2.63. The molecule has 3 amide bonds. The van der Waals surface area contributed by atoms with Crippen molar-refractivity contribution in [1.82, 2.24) is 16.2 Å². The normalized spacial score (nSPS) is 10.9. The van der Waals surface area contributed by atoms with Crippen LogP contribution in [0.15, 0.2) is 53.4 Å². The molecule has 2 rings (SSSR count). The Labute approximate surface area is 168 Å². The van der Waals surface area contributed by atoms with Crippen LogP contribution in [0.5, 0.6) is 0 Å². The summed E-state index contributed by atoms with van der Waals surface area (Å²) < 4.78 is 27.3. The molecule has 4 N–H and O–H groups in total. The third kappa shape index (κ3) is 6.32. The van der Waals surface area contributed by atoms with Crippen molar-refractivity contribution in [2.24, 2.45) is 0 Å². The zero-order valence-corrected chi connectivity index (χ0v) is 17.0. The molecule has 0 aliphatic carbocycles. The zero-order chi connectivity index (χ0) is 21.6. The van der Waals surface area contributed by atoms with Gasteiger partial charge in [-0.15, -0.1) is 0 Å². The third-order valence-corrected chi connectivity index (χ3v) is 5.02. The van der Waals surface area contributed by atoms with Gasteiger partial charge in [0.05, 0.1) is 4.90 Å². The Balaban J connectivity index is 2.05. The molecule has 154 valence electrons. The van der Waals surface area contributed by atoms with E-state index in [9.17, 15) is 22.8 Å². The van der Waals surface area contributed by atoms with Gasteiger partial charge < -0.3 is 5.32 Å². The SMILES string of the molecule is Cc1ccc(S(=O)(=O)Nc2cccc(C(=O)NNC(=O)C(=O)NC(C)C)c2)cc1. The number of nitrogens with one attached hydrogen (secondary N) is 4. The van der Waals surface area contributed by atoms with Gasteiger partial charge in [0, 0.05) is 17.3 Å². The average Bonchev–Trinajstić information content (AvgIpc) is 2.65. The van der Waals surface area contributed by atoms with E-state index in [1.807, 2.05) is 12.3 Å². The van der Waals surface area contributed by atoms with Gasteiger partial charge in [0.1, 0.15) is 0 Å². The maximum atomic E-state index is 12.5. The fourth-order valence-corrected chi connectivity index (χ4v) is 3.28. The lowest BCUT2D eigenvalue weighted by Crippen LogP contribution is -2.49. The maximum absolute atomic E-state index is 12.5. The molecular weight excluding hydrogens is 396 g/mol. The van der Waals surface area contributed by atoms with Crippen LogP contribution >= 0.6 is 0 Å². The molecule has 0 unspecified atom stereocenters. The van der Waals surface area contributed by atoms with E-state index in [0.29, 0.717) is 0 Å². The number of rotatable bonds is 5. The zero-order valence-electron chi connectivity index (χ0n) is 16.1. The molecule has 0 atom stereocenters. The lowest BCUT2D eigenvalue weighted by molar-refractivity contribution is -0.139. The van der Waals surface area contributed by atoms with Crippen molar-refractivity contribution in [3.05, 3.63) is 59.7 Å². The number of sulfonamides is 1. The molecule has 9 nitrogen and oxygen atoms in total. The van der Waals surface area contributed by atoms with Crippen LogP contribution in [0.4, 0.5) is 5.69 Å². The van der Waals surface area contributed by atoms with Crippen LogP contribution in [0.3, 0.4) is 0 Å². The molecule has 0 aliphatic rings. The first-order valence-electron chi connectivity index (χ1n) is 8.69. The summed E-state index contributed by atoms with van der Waals surface area (Å²) in [7, 11) is -3.83. The highest BCUT2D eigenvalue weighted by molar-refractivity contribution is 7.92. The summed E-state index contributed by atoms with van der Waals surface area (Å²) in [4.78, 5) is 35.4. The number of hydrogen-bond acceptors (Lipinski definition) is 5. The maximum Gasteiger partial charge on any atom is 0.327 e. The van der Waals surface area contributed by atoms with E-state index in [4.69, 9.17) is 0 Å². The van der Waals surface area contributed by atoms with Gasteiger partial charge in [0.2, 0.25) is 0 Å². The van der Waals surface area contributed by atoms with Crippen molar-refractivity contribution in [2.45, 2.75) is 31.7 Å². The van der Waals surface area contributed by atoms with Crippen molar-refractivity contribution in [2.75, 3.05) is 4.72 Å². The number of amides is 3. The second-order valence-electron chi connectivity index (χ2n) is 6.54. The summed E-state index contributed by atoms with van der Waals surface area (Å²) in [6.07, 6.45) is 0. The highest BCUT2D eigenvalue weighted by Crippen LogP contribution is 2.17. The third-order valence-electron chi connectivity index (χ3n) is 3.62. The molecule has 0 fully saturated rings. The number of anilines is 1. The van der Waals surface area contributed by atoms with Crippen molar-refractivity contribution in [3.8, 4) is 0 Å². The van der Waals surface area contributed by atoms with Crippen molar-refractivity contribution >= 4 is 33.4 Å². The van der Waals surface area contributed by atoms with Crippen LogP contribution in [-0.4, -0.2) is 32.2 Å². The number of carbonyl (C=O) groups is 3. The lowest BCUT2D eigenvalue weighted by Gasteiger charge is -2.11. The molecule has 0 aromatic heterocycles. The Hall–Kier alpha value is -3.40. The number of hydrogen-bond donors (Lipinski definition) is 4. The Morgan fingerprint density at radius 2 is 1.55 bits per heavy atom. The van der Waals surface area contributed by atoms with Crippen LogP contribution in [0.2, 0.25) is 0 Å². The van der Waals surface area contributed by atoms with Crippen LogP contribution in [0.25, 0.3) is 0 Å². The molecule has 2 aromatic carbocycles. The summed E-state index contributed by atoms with van der Waals surface area (Å²) in [5.41, 5.74) is 5.27. The van der Waals surface area contributed by atoms with Crippen molar-refractivity contribution in [3.63, 3.8) is 0 Å². The second kappa shape index (κ2) is 9.20. The predicted molar refractivity (Wildman–Crippen MR) is 107 cm³/mol. The summed E-state index contributed by atoms with van der Waals surface area (Å²) in [6, 6.07) is 11.8. The number of carbonyl (C=O) groups excluding carboxylic acids is 3. The first kappa shape index (κ1) is 21.9. The molecule has 0 saturated carbocycles. The van der Waals surface area contributed by atoms with Gasteiger partial charge >= 0.3 is 11.8 Å². The topological polar surface area (TPSA) is 133 Å². The van der Waals surface area contributed by atoms with Gasteiger partial charge in [0.15, 0.2) is 0 Å². The Bertz CT molecular complexity index is 1020. The Morgan fingerprint density at radius 1 is 0.897 bits per heavy atom. The molecule has 0 bridgehead atoms. The van der Waals surface area contributed by atoms with Crippen LogP contribution in [-0.2, 0) is 19.6 Å². The highest BCUT2D eigenvalue weighted by atomic mass is 32.2. The molecule has 0 heterocycles. The minimum absolute atomic E-state index is 0.0821. The van der Waals surface area contributed by atoms with E-state index in [2.05, 4.69) is 15.5 Å². The second-order valence-corrected chi connectivity index (χ2v) is 8.22. The fraction of sp³-hybridized carbons (Fsp3) is 0.211. The Morgan fingerprint density at radius 3 is 2.17 bits per heavy atom. The van der Waals surface area contributed by atoms with Gasteiger partial charge in [-0.1, -0.05) is 23.8 Å². The molecule has 0 aliphatic heterocycles. The molecule has 2 aromatic rings. The fourth-order valence-electron chi connectivity index (χ4n) is 2.23. The predicted octanol–water partition coefficient (Wildman–Crippen LogP) is 1.08. The number of aryl methyl sites for hydroxylation is 1. The minimum Gasteiger partial charge on any atom is -0.346 e. The van der Waals surface area contributed by atoms with Gasteiger partial charge in [-0.2, -0.15) is 0 Å². The Kier molecular flexibility index (Phi) is 6.94. The summed E-state index contributed by atoms with van der Waals surface area (Å²) in [5, 5.41) is 2.38. The van der Waals surface area contributed by atoms with E-state index in [-0.39, 0.29) is 22.2 Å². The first-order chi connectivity index (χ1) is 13.6. The highest BCUT2D eigenvalue weighted by Gasteiger charge is 2.17. The van der Waals surface area contributed by atoms with E-state index < -0.39 is 27.7 Å². The monoisotopic (exact) mass is 418 g/mol. The smallest absolute Gasteiger partial charge is 0.327 e. The summed E-state index contributed by atoms with van der Waals surface area (Å²) in [6.45, 7) is 5.22. The first-order valence-corrected chi connectivity index (χ1v) is 10.2. The quantitative estimate of drug-likeness (QED) is 0.426. The van der Waals surface area contributed by atoms with E-state index >= 15 is 0 Å². The molecule has 0 spiro atoms. The summed E-state index contributed by atoms with van der Waals surface area (Å²) >= 11 is 0. The average molecular weight is 418 g/mol. The van der Waals surface area contributed by atoms with Crippen molar-refractivity contribution in [1.29, 1.82) is 0 Å². The molecular formula is C19H22N4O5S. The van der Waals surface area contributed by atoms with Crippen molar-refractivity contribution < 1.29 is 22.8 Å². The van der Waals surface area contributed by atoms with Gasteiger partial charge in [0.25, 0.3) is 15.9 Å². The minimum atomic E-state index is -3.83. The molecule has 0 radical (unpaired) electrons. The van der Waals surface area contributed by atoms with Gasteiger partial charge in [-0.05, 0) is 51.1 Å². The number of hydrazine groups is 1. The molecule has 10 heteroatoms. The van der Waals surface area contributed by atoms with E-state index in [0.717, 1.165) is 5.56 Å². The van der Waals surface area contributed by atoms with E-state index in [1.54, 1.807) is 26.0 Å². The largest absolute Gasteiger partial charge is 0.346 e. The number of benzene rings is 2. The van der Waals surface area contributed by atoms with Gasteiger partial charge in [-0.3, -0.25) is 30.0 Å².